The maximum absolute atomic E-state index is 11.5. The van der Waals surface area contributed by atoms with Gasteiger partial charge in [0.15, 0.2) is 5.75 Å². The van der Waals surface area contributed by atoms with E-state index in [9.17, 15) is 14.9 Å². The number of nitro benzene ring substituents is 1. The number of furan rings is 1. The molecular formula is C17H14N2O6. The number of rotatable bonds is 5. The average molecular weight is 342 g/mol. The minimum atomic E-state index is -0.549. The van der Waals surface area contributed by atoms with E-state index in [-0.39, 0.29) is 11.4 Å². The molecule has 25 heavy (non-hydrogen) atoms. The zero-order valence-corrected chi connectivity index (χ0v) is 13.5. The number of carbonyl (C=O) groups is 1. The molecule has 1 aliphatic rings. The highest BCUT2D eigenvalue weighted by molar-refractivity contribution is 6.24. The molecule has 128 valence electrons. The summed E-state index contributed by atoms with van der Waals surface area (Å²) in [7, 11) is 0. The van der Waals surface area contributed by atoms with Crippen molar-refractivity contribution in [2.75, 3.05) is 6.61 Å². The SMILES string of the molecule is CCOc1ccc(-c2ccc(/C=C3/C(=O)ON=C3C)o2)cc1[N+](=O)[O-]. The quantitative estimate of drug-likeness (QED) is 0.356. The zero-order chi connectivity index (χ0) is 18.0. The van der Waals surface area contributed by atoms with Crippen molar-refractivity contribution in [3.63, 3.8) is 0 Å². The summed E-state index contributed by atoms with van der Waals surface area (Å²) in [6, 6.07) is 7.91. The minimum Gasteiger partial charge on any atom is -0.487 e. The van der Waals surface area contributed by atoms with Gasteiger partial charge in [0.1, 0.15) is 11.5 Å². The Balaban J connectivity index is 1.94. The van der Waals surface area contributed by atoms with Crippen LogP contribution in [-0.4, -0.2) is 23.2 Å². The Morgan fingerprint density at radius 1 is 1.32 bits per heavy atom. The normalized spacial score (nSPS) is 15.2. The first-order chi connectivity index (χ1) is 12.0. The summed E-state index contributed by atoms with van der Waals surface area (Å²) >= 11 is 0. The van der Waals surface area contributed by atoms with Gasteiger partial charge in [-0.3, -0.25) is 10.1 Å². The number of hydrogen-bond acceptors (Lipinski definition) is 7. The highest BCUT2D eigenvalue weighted by atomic mass is 16.7. The van der Waals surface area contributed by atoms with Gasteiger partial charge < -0.3 is 14.0 Å². The number of benzene rings is 1. The standard InChI is InChI=1S/C17H14N2O6/c1-3-23-16-6-4-11(8-14(16)19(21)22)15-7-5-12(24-15)9-13-10(2)18-25-17(13)20/h4-9H,3H2,1-2H3/b13-9+. The summed E-state index contributed by atoms with van der Waals surface area (Å²) in [4.78, 5) is 26.8. The van der Waals surface area contributed by atoms with Crippen molar-refractivity contribution in [1.82, 2.24) is 0 Å². The van der Waals surface area contributed by atoms with E-state index < -0.39 is 10.9 Å². The summed E-state index contributed by atoms with van der Waals surface area (Å²) in [5.74, 6) is 0.492. The Bertz CT molecular complexity index is 910. The van der Waals surface area contributed by atoms with Crippen LogP contribution < -0.4 is 4.74 Å². The van der Waals surface area contributed by atoms with Gasteiger partial charge in [0, 0.05) is 11.6 Å². The topological polar surface area (TPSA) is 104 Å². The molecule has 0 saturated heterocycles. The summed E-state index contributed by atoms with van der Waals surface area (Å²) in [5.41, 5.74) is 1.15. The summed E-state index contributed by atoms with van der Waals surface area (Å²) in [5, 5.41) is 14.8. The third-order valence-electron chi connectivity index (χ3n) is 3.53. The Hall–Kier alpha value is -3.42. The first kappa shape index (κ1) is 16.4. The highest BCUT2D eigenvalue weighted by Crippen LogP contribution is 2.33. The van der Waals surface area contributed by atoms with Crippen LogP contribution in [-0.2, 0) is 9.63 Å². The second-order valence-corrected chi connectivity index (χ2v) is 5.19. The van der Waals surface area contributed by atoms with Crippen LogP contribution in [0.3, 0.4) is 0 Å². The van der Waals surface area contributed by atoms with Gasteiger partial charge in [-0.1, -0.05) is 5.16 Å². The third-order valence-corrected chi connectivity index (χ3v) is 3.53. The van der Waals surface area contributed by atoms with Crippen LogP contribution in [0.15, 0.2) is 45.5 Å². The monoisotopic (exact) mass is 342 g/mol. The van der Waals surface area contributed by atoms with Crippen molar-refractivity contribution in [1.29, 1.82) is 0 Å². The molecule has 1 aromatic heterocycles. The lowest BCUT2D eigenvalue weighted by molar-refractivity contribution is -0.385. The number of carbonyl (C=O) groups excluding carboxylic acids is 1. The molecule has 8 nitrogen and oxygen atoms in total. The largest absolute Gasteiger partial charge is 0.487 e. The highest BCUT2D eigenvalue weighted by Gasteiger charge is 2.23. The van der Waals surface area contributed by atoms with Crippen LogP contribution >= 0.6 is 0 Å². The molecule has 0 aliphatic carbocycles. The Morgan fingerprint density at radius 2 is 2.12 bits per heavy atom. The molecule has 1 aliphatic heterocycles. The number of oxime groups is 1. The molecule has 0 bridgehead atoms. The molecule has 8 heteroatoms. The summed E-state index contributed by atoms with van der Waals surface area (Å²) in [6.45, 7) is 3.73. The van der Waals surface area contributed by atoms with Gasteiger partial charge in [-0.25, -0.2) is 4.79 Å². The Kier molecular flexibility index (Phi) is 4.34. The average Bonchev–Trinajstić information content (AvgIpc) is 3.17. The summed E-state index contributed by atoms with van der Waals surface area (Å²) < 4.78 is 10.9. The van der Waals surface area contributed by atoms with Crippen molar-refractivity contribution in [3.8, 4) is 17.1 Å². The molecule has 1 aromatic carbocycles. The second kappa shape index (κ2) is 6.60. The van der Waals surface area contributed by atoms with E-state index in [0.29, 0.717) is 35.0 Å². The molecule has 0 fully saturated rings. The Morgan fingerprint density at radius 3 is 2.76 bits per heavy atom. The second-order valence-electron chi connectivity index (χ2n) is 5.19. The van der Waals surface area contributed by atoms with E-state index in [4.69, 9.17) is 9.15 Å². The lowest BCUT2D eigenvalue weighted by Gasteiger charge is -2.05. The molecule has 0 unspecified atom stereocenters. The van der Waals surface area contributed by atoms with E-state index in [1.807, 2.05) is 0 Å². The molecule has 2 heterocycles. The molecule has 0 atom stereocenters. The molecule has 0 amide bonds. The zero-order valence-electron chi connectivity index (χ0n) is 13.5. The van der Waals surface area contributed by atoms with Crippen molar-refractivity contribution in [2.24, 2.45) is 5.16 Å². The van der Waals surface area contributed by atoms with Gasteiger partial charge in [0.25, 0.3) is 0 Å². The number of nitrogens with zero attached hydrogens (tertiary/aromatic N) is 2. The van der Waals surface area contributed by atoms with Gasteiger partial charge in [-0.05, 0) is 44.2 Å². The van der Waals surface area contributed by atoms with Crippen molar-refractivity contribution in [3.05, 3.63) is 51.8 Å². The number of nitro groups is 1. The molecule has 0 saturated carbocycles. The van der Waals surface area contributed by atoms with Crippen LogP contribution in [0.4, 0.5) is 5.69 Å². The van der Waals surface area contributed by atoms with Gasteiger partial charge in [0.05, 0.1) is 22.8 Å². The third kappa shape index (κ3) is 3.27. The van der Waals surface area contributed by atoms with Gasteiger partial charge in [-0.2, -0.15) is 0 Å². The fourth-order valence-electron chi connectivity index (χ4n) is 2.34. The number of hydrogen-bond donors (Lipinski definition) is 0. The maximum atomic E-state index is 11.5. The van der Waals surface area contributed by atoms with E-state index in [0.717, 1.165) is 0 Å². The first-order valence-corrected chi connectivity index (χ1v) is 7.49. The van der Waals surface area contributed by atoms with Gasteiger partial charge >= 0.3 is 11.7 Å². The lowest BCUT2D eigenvalue weighted by Crippen LogP contribution is -2.01. The van der Waals surface area contributed by atoms with Crippen LogP contribution in [0.5, 0.6) is 5.75 Å². The molecular weight excluding hydrogens is 328 g/mol. The minimum absolute atomic E-state index is 0.141. The van der Waals surface area contributed by atoms with Crippen LogP contribution in [0.1, 0.15) is 19.6 Å². The van der Waals surface area contributed by atoms with Gasteiger partial charge in [0.2, 0.25) is 0 Å². The van der Waals surface area contributed by atoms with Crippen molar-refractivity contribution >= 4 is 23.4 Å². The van der Waals surface area contributed by atoms with Crippen LogP contribution in [0.2, 0.25) is 0 Å². The van der Waals surface area contributed by atoms with Crippen molar-refractivity contribution in [2.45, 2.75) is 13.8 Å². The molecule has 0 radical (unpaired) electrons. The fraction of sp³-hybridized carbons (Fsp3) is 0.176. The Labute approximate surface area is 142 Å². The smallest absolute Gasteiger partial charge is 0.367 e. The predicted octanol–water partition coefficient (Wildman–Crippen LogP) is 3.57. The lowest BCUT2D eigenvalue weighted by atomic mass is 10.1. The fourth-order valence-corrected chi connectivity index (χ4v) is 2.34. The van der Waals surface area contributed by atoms with Crippen LogP contribution in [0, 0.1) is 10.1 Å². The summed E-state index contributed by atoms with van der Waals surface area (Å²) in [6.07, 6.45) is 1.51. The van der Waals surface area contributed by atoms with E-state index in [2.05, 4.69) is 9.99 Å². The van der Waals surface area contributed by atoms with E-state index >= 15 is 0 Å². The van der Waals surface area contributed by atoms with Crippen LogP contribution in [0.25, 0.3) is 17.4 Å². The first-order valence-electron chi connectivity index (χ1n) is 7.49. The molecule has 0 N–H and O–H groups in total. The van der Waals surface area contributed by atoms with Crippen molar-refractivity contribution < 1.29 is 23.7 Å². The van der Waals surface area contributed by atoms with E-state index in [1.54, 1.807) is 32.0 Å². The molecule has 0 spiro atoms. The van der Waals surface area contributed by atoms with Gasteiger partial charge in [-0.15, -0.1) is 0 Å². The predicted molar refractivity (Wildman–Crippen MR) is 89.1 cm³/mol. The van der Waals surface area contributed by atoms with E-state index in [1.165, 1.54) is 18.2 Å². The number of ether oxygens (including phenoxy) is 1. The molecule has 2 aromatic rings. The molecule has 3 rings (SSSR count). The maximum Gasteiger partial charge on any atom is 0.367 e.